The molecule has 1 atom stereocenters. The third kappa shape index (κ3) is 3.73. The molecule has 1 saturated heterocycles. The molecule has 20 heavy (non-hydrogen) atoms. The van der Waals surface area contributed by atoms with E-state index in [1.165, 1.54) is 0 Å². The molecule has 1 aromatic carbocycles. The van der Waals surface area contributed by atoms with E-state index in [9.17, 15) is 4.79 Å². The molecule has 0 aromatic heterocycles. The second-order valence-electron chi connectivity index (χ2n) is 5.19. The van der Waals surface area contributed by atoms with Crippen LogP contribution < -0.4 is 10.5 Å². The van der Waals surface area contributed by atoms with Crippen LogP contribution >= 0.6 is 15.9 Å². The van der Waals surface area contributed by atoms with Crippen molar-refractivity contribution >= 4 is 21.8 Å². The zero-order chi connectivity index (χ0) is 14.5. The minimum atomic E-state index is 0.211. The summed E-state index contributed by atoms with van der Waals surface area (Å²) in [4.78, 5) is 14.1. The van der Waals surface area contributed by atoms with E-state index >= 15 is 0 Å². The van der Waals surface area contributed by atoms with Gasteiger partial charge in [0.2, 0.25) is 5.91 Å². The Morgan fingerprint density at radius 2 is 2.35 bits per heavy atom. The first kappa shape index (κ1) is 15.3. The Kier molecular flexibility index (Phi) is 5.43. The molecule has 0 bridgehead atoms. The maximum atomic E-state index is 12.2. The average Bonchev–Trinajstić information content (AvgIpc) is 2.94. The smallest absolute Gasteiger partial charge is 0.222 e. The molecule has 2 N–H and O–H groups in total. The molecule has 0 radical (unpaired) electrons. The summed E-state index contributed by atoms with van der Waals surface area (Å²) in [5.74, 6) is 1.52. The number of nitrogens with zero attached hydrogens (tertiary/aromatic N) is 1. The molecule has 0 saturated carbocycles. The van der Waals surface area contributed by atoms with Crippen LogP contribution in [0.25, 0.3) is 0 Å². The van der Waals surface area contributed by atoms with Crippen molar-refractivity contribution in [2.24, 2.45) is 11.7 Å². The predicted octanol–water partition coefficient (Wildman–Crippen LogP) is 2.20. The van der Waals surface area contributed by atoms with E-state index in [0.29, 0.717) is 25.3 Å². The lowest BCUT2D eigenvalue weighted by Gasteiger charge is -2.16. The van der Waals surface area contributed by atoms with Gasteiger partial charge in [-0.25, -0.2) is 0 Å². The fourth-order valence-corrected chi connectivity index (χ4v) is 3.00. The first-order valence-electron chi connectivity index (χ1n) is 6.94. The Morgan fingerprint density at radius 3 is 3.00 bits per heavy atom. The number of nitrogens with two attached hydrogens (primary N) is 1. The van der Waals surface area contributed by atoms with Crippen molar-refractivity contribution in [2.75, 3.05) is 26.7 Å². The molecule has 0 unspecified atom stereocenters. The molecule has 1 fully saturated rings. The summed E-state index contributed by atoms with van der Waals surface area (Å²) in [7, 11) is 1.65. The second-order valence-corrected chi connectivity index (χ2v) is 6.10. The van der Waals surface area contributed by atoms with Gasteiger partial charge in [0, 0.05) is 24.0 Å². The van der Waals surface area contributed by atoms with Crippen LogP contribution in [0.4, 0.5) is 0 Å². The number of hydrogen-bond acceptors (Lipinski definition) is 3. The van der Waals surface area contributed by atoms with Gasteiger partial charge in [0.25, 0.3) is 0 Å². The molecule has 110 valence electrons. The van der Waals surface area contributed by atoms with Gasteiger partial charge in [-0.2, -0.15) is 0 Å². The van der Waals surface area contributed by atoms with E-state index in [1.54, 1.807) is 7.11 Å². The molecule has 2 rings (SSSR count). The first-order chi connectivity index (χ1) is 9.63. The van der Waals surface area contributed by atoms with E-state index in [4.69, 9.17) is 10.5 Å². The quantitative estimate of drug-likeness (QED) is 0.893. The van der Waals surface area contributed by atoms with E-state index in [-0.39, 0.29) is 5.91 Å². The van der Waals surface area contributed by atoms with Gasteiger partial charge in [0.05, 0.1) is 7.11 Å². The Morgan fingerprint density at radius 1 is 1.55 bits per heavy atom. The summed E-state index contributed by atoms with van der Waals surface area (Å²) in [6.07, 6.45) is 2.25. The highest BCUT2D eigenvalue weighted by atomic mass is 79.9. The Balaban J connectivity index is 1.92. The molecule has 1 heterocycles. The van der Waals surface area contributed by atoms with Gasteiger partial charge < -0.3 is 15.4 Å². The minimum Gasteiger partial charge on any atom is -0.496 e. The lowest BCUT2D eigenvalue weighted by molar-refractivity contribution is -0.130. The SMILES string of the molecule is COc1ccc(Br)cc1CCC(=O)N1CC[C@@H](CN)C1. The fourth-order valence-electron chi connectivity index (χ4n) is 2.59. The summed E-state index contributed by atoms with van der Waals surface area (Å²) >= 11 is 3.45. The number of carbonyl (C=O) groups is 1. The molecular weight excluding hydrogens is 320 g/mol. The molecule has 0 spiro atoms. The highest BCUT2D eigenvalue weighted by molar-refractivity contribution is 9.10. The monoisotopic (exact) mass is 340 g/mol. The van der Waals surface area contributed by atoms with Crippen molar-refractivity contribution in [2.45, 2.75) is 19.3 Å². The van der Waals surface area contributed by atoms with E-state index in [0.717, 1.165) is 35.3 Å². The lowest BCUT2D eigenvalue weighted by Crippen LogP contribution is -2.30. The van der Waals surface area contributed by atoms with Crippen molar-refractivity contribution in [3.05, 3.63) is 28.2 Å². The van der Waals surface area contributed by atoms with Gasteiger partial charge in [0.1, 0.15) is 5.75 Å². The summed E-state index contributed by atoms with van der Waals surface area (Å²) in [5, 5.41) is 0. The third-order valence-corrected chi connectivity index (χ3v) is 4.32. The highest BCUT2D eigenvalue weighted by Gasteiger charge is 2.24. The van der Waals surface area contributed by atoms with Crippen molar-refractivity contribution in [1.29, 1.82) is 0 Å². The Hall–Kier alpha value is -1.07. The van der Waals surface area contributed by atoms with Crippen molar-refractivity contribution < 1.29 is 9.53 Å². The molecule has 4 nitrogen and oxygen atoms in total. The minimum absolute atomic E-state index is 0.211. The van der Waals surface area contributed by atoms with E-state index in [1.807, 2.05) is 23.1 Å². The maximum absolute atomic E-state index is 12.2. The number of rotatable bonds is 5. The molecule has 1 amide bonds. The highest BCUT2D eigenvalue weighted by Crippen LogP contribution is 2.25. The van der Waals surface area contributed by atoms with Gasteiger partial charge in [-0.05, 0) is 49.1 Å². The van der Waals surface area contributed by atoms with Crippen LogP contribution in [0.2, 0.25) is 0 Å². The number of halogens is 1. The molecule has 1 aliphatic heterocycles. The number of likely N-dealkylation sites (tertiary alicyclic amines) is 1. The van der Waals surface area contributed by atoms with Gasteiger partial charge in [0.15, 0.2) is 0 Å². The standard InChI is InChI=1S/C15H21BrN2O2/c1-20-14-4-3-13(16)8-12(14)2-5-15(19)18-7-6-11(9-17)10-18/h3-4,8,11H,2,5-7,9-10,17H2,1H3/t11-/m0/s1. The van der Waals surface area contributed by atoms with Crippen LogP contribution in [0, 0.1) is 5.92 Å². The van der Waals surface area contributed by atoms with Crippen molar-refractivity contribution in [3.8, 4) is 5.75 Å². The van der Waals surface area contributed by atoms with Gasteiger partial charge in [-0.1, -0.05) is 15.9 Å². The molecule has 5 heteroatoms. The summed E-state index contributed by atoms with van der Waals surface area (Å²) in [6, 6.07) is 5.87. The number of aryl methyl sites for hydroxylation is 1. The zero-order valence-corrected chi connectivity index (χ0v) is 13.4. The van der Waals surface area contributed by atoms with Crippen LogP contribution in [0.5, 0.6) is 5.75 Å². The van der Waals surface area contributed by atoms with Crippen LogP contribution in [-0.4, -0.2) is 37.6 Å². The summed E-state index contributed by atoms with van der Waals surface area (Å²) in [5.41, 5.74) is 6.72. The molecular formula is C15H21BrN2O2. The van der Waals surface area contributed by atoms with Crippen molar-refractivity contribution in [1.82, 2.24) is 4.90 Å². The first-order valence-corrected chi connectivity index (χ1v) is 7.73. The normalized spacial score (nSPS) is 18.4. The maximum Gasteiger partial charge on any atom is 0.222 e. The fraction of sp³-hybridized carbons (Fsp3) is 0.533. The topological polar surface area (TPSA) is 55.6 Å². The van der Waals surface area contributed by atoms with Gasteiger partial charge in [-0.15, -0.1) is 0 Å². The number of hydrogen-bond donors (Lipinski definition) is 1. The zero-order valence-electron chi connectivity index (χ0n) is 11.8. The molecule has 1 aliphatic rings. The summed E-state index contributed by atoms with van der Waals surface area (Å²) < 4.78 is 6.34. The Labute approximate surface area is 128 Å². The van der Waals surface area contributed by atoms with Crippen molar-refractivity contribution in [3.63, 3.8) is 0 Å². The van der Waals surface area contributed by atoms with E-state index < -0.39 is 0 Å². The number of ether oxygens (including phenoxy) is 1. The van der Waals surface area contributed by atoms with Crippen LogP contribution in [0.15, 0.2) is 22.7 Å². The summed E-state index contributed by atoms with van der Waals surface area (Å²) in [6.45, 7) is 2.32. The average molecular weight is 341 g/mol. The largest absolute Gasteiger partial charge is 0.496 e. The Bertz CT molecular complexity index is 479. The molecule has 1 aromatic rings. The number of amides is 1. The number of benzene rings is 1. The van der Waals surface area contributed by atoms with Crippen LogP contribution in [0.3, 0.4) is 0 Å². The second kappa shape index (κ2) is 7.09. The number of methoxy groups -OCH3 is 1. The van der Waals surface area contributed by atoms with Gasteiger partial charge >= 0.3 is 0 Å². The van der Waals surface area contributed by atoms with Crippen LogP contribution in [0.1, 0.15) is 18.4 Å². The number of carbonyl (C=O) groups excluding carboxylic acids is 1. The van der Waals surface area contributed by atoms with Gasteiger partial charge in [-0.3, -0.25) is 4.79 Å². The predicted molar refractivity (Wildman–Crippen MR) is 82.8 cm³/mol. The third-order valence-electron chi connectivity index (χ3n) is 3.82. The van der Waals surface area contributed by atoms with Crippen LogP contribution in [-0.2, 0) is 11.2 Å². The van der Waals surface area contributed by atoms with E-state index in [2.05, 4.69) is 15.9 Å². The lowest BCUT2D eigenvalue weighted by atomic mass is 10.1. The molecule has 0 aliphatic carbocycles.